The molecule has 10 heteroatoms. The van der Waals surface area contributed by atoms with Crippen molar-refractivity contribution in [2.75, 3.05) is 29.4 Å². The molecule has 634 valence electrons. The van der Waals surface area contributed by atoms with Crippen molar-refractivity contribution in [2.45, 2.75) is 0 Å². The van der Waals surface area contributed by atoms with E-state index in [1.807, 2.05) is 45.3 Å². The third kappa shape index (κ3) is 15.6. The first-order valence-electron chi connectivity index (χ1n) is 45.2. The molecule has 4 heterocycles. The van der Waals surface area contributed by atoms with E-state index in [1.54, 1.807) is 0 Å². The van der Waals surface area contributed by atoms with Crippen molar-refractivity contribution in [3.8, 4) is 22.3 Å². The fraction of sp³-hybridized carbons (Fsp3) is 0. The number of hydrogen-bond acceptors (Lipinski definition) is 10. The molecule has 0 bridgehead atoms. The molecule has 0 aliphatic rings. The summed E-state index contributed by atoms with van der Waals surface area (Å²) in [4.78, 5) is 14.3. The van der Waals surface area contributed by atoms with E-state index in [0.29, 0.717) is 0 Å². The maximum Gasteiger partial charge on any atom is 0.0482 e. The van der Waals surface area contributed by atoms with Gasteiger partial charge in [0.05, 0.1) is 0 Å². The van der Waals surface area contributed by atoms with Crippen LogP contribution in [0.1, 0.15) is 0 Å². The van der Waals surface area contributed by atoms with Crippen molar-refractivity contribution in [1.29, 1.82) is 0 Å². The topological polar surface area (TPSA) is 19.4 Å². The van der Waals surface area contributed by atoms with E-state index in [1.165, 1.54) is 114 Å². The minimum Gasteiger partial charge on any atom is -0.310 e. The number of para-hydroxylation sites is 6. The number of rotatable bonds is 20. The molecule has 25 rings (SSSR count). The van der Waals surface area contributed by atoms with Gasteiger partial charge in [-0.25, -0.2) is 0 Å². The molecule has 0 fully saturated rings. The van der Waals surface area contributed by atoms with Crippen LogP contribution < -0.4 is 29.4 Å². The molecular formula is C124H84N6S4. The molecule has 0 spiro atoms. The lowest BCUT2D eigenvalue weighted by Crippen LogP contribution is -2.13. The third-order valence-electron chi connectivity index (χ3n) is 25.4. The first-order valence-corrected chi connectivity index (χ1v) is 48.5. The molecule has 0 aliphatic carbocycles. The lowest BCUT2D eigenvalue weighted by atomic mass is 10.0. The zero-order chi connectivity index (χ0) is 88.8. The van der Waals surface area contributed by atoms with Crippen LogP contribution in [0.5, 0.6) is 0 Å². The molecule has 0 aliphatic heterocycles. The van der Waals surface area contributed by atoms with Gasteiger partial charge in [-0.1, -0.05) is 261 Å². The SMILES string of the molecule is c1ccc(-c2ccc(N(c3ccccc3)c3cccc(N(c4ccc5c(c4)sc4ccc(N(c6ccccc6)c6ccc(-c7ccc8ccccc8c7)cc6)cc45)c4ccc5sc6ccccc6c5c4)c3)cc2)cc1.c1ccc(N(c2ccccc2)c2cccc(N(c3ccc4c(c3)sc3ccc(N(c5ccccc5)c5ccccc5)cc34)c3ccc4sc5ccccc5c4c3)c2)cc1. The lowest BCUT2D eigenvalue weighted by Gasteiger charge is -2.29. The molecule has 0 atom stereocenters. The Morgan fingerprint density at radius 3 is 0.672 bits per heavy atom. The minimum absolute atomic E-state index is 1.07. The second-order valence-electron chi connectivity index (χ2n) is 33.6. The highest BCUT2D eigenvalue weighted by molar-refractivity contribution is 7.27. The van der Waals surface area contributed by atoms with E-state index < -0.39 is 0 Å². The van der Waals surface area contributed by atoms with Gasteiger partial charge in [0.25, 0.3) is 0 Å². The highest BCUT2D eigenvalue weighted by Gasteiger charge is 2.26. The van der Waals surface area contributed by atoms with Crippen LogP contribution in [0.3, 0.4) is 0 Å². The van der Waals surface area contributed by atoms with Gasteiger partial charge in [-0.15, -0.1) is 45.3 Å². The zero-order valence-electron chi connectivity index (χ0n) is 72.8. The first-order chi connectivity index (χ1) is 66.4. The van der Waals surface area contributed by atoms with E-state index in [4.69, 9.17) is 0 Å². The molecule has 4 aromatic heterocycles. The smallest absolute Gasteiger partial charge is 0.0482 e. The van der Waals surface area contributed by atoms with Crippen molar-refractivity contribution in [2.24, 2.45) is 0 Å². The summed E-state index contributed by atoms with van der Waals surface area (Å²) in [5, 5.41) is 12.6. The molecule has 0 radical (unpaired) electrons. The molecular weight excluding hydrogens is 1700 g/mol. The van der Waals surface area contributed by atoms with Crippen molar-refractivity contribution in [3.63, 3.8) is 0 Å². The summed E-state index contributed by atoms with van der Waals surface area (Å²) in [5.41, 5.74) is 24.7. The van der Waals surface area contributed by atoms with Gasteiger partial charge in [0.2, 0.25) is 0 Å². The molecule has 0 saturated heterocycles. The van der Waals surface area contributed by atoms with E-state index in [9.17, 15) is 0 Å². The number of fused-ring (bicyclic) bond motifs is 13. The number of nitrogens with zero attached hydrogens (tertiary/aromatic N) is 6. The Morgan fingerprint density at radius 1 is 0.104 bits per heavy atom. The van der Waals surface area contributed by atoms with Crippen LogP contribution in [-0.4, -0.2) is 0 Å². The lowest BCUT2D eigenvalue weighted by molar-refractivity contribution is 1.25. The Morgan fingerprint density at radius 2 is 0.321 bits per heavy atom. The monoisotopic (exact) mass is 1780 g/mol. The van der Waals surface area contributed by atoms with Crippen LogP contribution >= 0.6 is 45.3 Å². The van der Waals surface area contributed by atoms with Crippen LogP contribution in [0, 0.1) is 0 Å². The number of benzene rings is 21. The van der Waals surface area contributed by atoms with Gasteiger partial charge in [0.15, 0.2) is 0 Å². The van der Waals surface area contributed by atoms with Crippen LogP contribution in [0.2, 0.25) is 0 Å². The summed E-state index contributed by atoms with van der Waals surface area (Å²) >= 11 is 7.41. The van der Waals surface area contributed by atoms with Gasteiger partial charge in [0.1, 0.15) is 0 Å². The van der Waals surface area contributed by atoms with Gasteiger partial charge in [0, 0.05) is 183 Å². The van der Waals surface area contributed by atoms with Gasteiger partial charge in [-0.05, 0) is 282 Å². The summed E-state index contributed by atoms with van der Waals surface area (Å²) in [6.45, 7) is 0. The van der Waals surface area contributed by atoms with Crippen molar-refractivity contribution in [1.82, 2.24) is 0 Å². The standard InChI is InChI=1S/C70H47N3S2.C54H37N3S2/c1-4-15-48(16-5-1)50-29-33-56(34-30-50)71(54-19-6-2-7-20-54)58-23-14-24-59(44-58)73(61-39-41-68-65(46-61)63-25-12-13-26-67(63)74-68)62-37-40-64-66-45-60(38-42-69(66)75-70(64)47-62)72(55-21-8-3-9-22-55)57-35-31-51(32-36-57)53-28-27-49-17-10-11-18-52(49)43-53;1-5-16-38(17-6-1)55(39-18-7-2-8-19-39)42-24-15-25-43(34-42)57(45-30-32-52-49(36-45)47-26-13-14-27-51(47)58-52)46-28-31-48-50-35-44(29-33-53(50)59-54(48)37-46)56(40-20-9-3-10-21-40)41-22-11-4-12-23-41/h1-47H;1-37H. The fourth-order valence-corrected chi connectivity index (χ4v) is 23.5. The molecule has 0 unspecified atom stereocenters. The van der Waals surface area contributed by atoms with Crippen molar-refractivity contribution in [3.05, 3.63) is 510 Å². The predicted molar refractivity (Wildman–Crippen MR) is 581 cm³/mol. The van der Waals surface area contributed by atoms with Crippen LogP contribution in [0.25, 0.3) is 114 Å². The Kier molecular flexibility index (Phi) is 21.4. The van der Waals surface area contributed by atoms with Gasteiger partial charge < -0.3 is 29.4 Å². The summed E-state index contributed by atoms with van der Waals surface area (Å²) in [7, 11) is 0. The van der Waals surface area contributed by atoms with Crippen molar-refractivity contribution < 1.29 is 0 Å². The van der Waals surface area contributed by atoms with Gasteiger partial charge in [-0.2, -0.15) is 0 Å². The Bertz CT molecular complexity index is 8510. The molecule has 6 nitrogen and oxygen atoms in total. The second kappa shape index (κ2) is 35.4. The highest BCUT2D eigenvalue weighted by atomic mass is 32.1. The number of anilines is 18. The van der Waals surface area contributed by atoms with Gasteiger partial charge in [-0.3, -0.25) is 0 Å². The Labute approximate surface area is 794 Å². The summed E-state index contributed by atoms with van der Waals surface area (Å²) in [6.07, 6.45) is 0. The number of hydrogen-bond donors (Lipinski definition) is 0. The summed E-state index contributed by atoms with van der Waals surface area (Å²) in [6, 6.07) is 185. The fourth-order valence-electron chi connectivity index (χ4n) is 19.1. The molecule has 0 N–H and O–H groups in total. The predicted octanol–water partition coefficient (Wildman–Crippen LogP) is 38.2. The first kappa shape index (κ1) is 80.8. The molecule has 0 saturated carbocycles. The Hall–Kier alpha value is -16.4. The average molecular weight is 1790 g/mol. The molecule has 25 aromatic rings. The van der Waals surface area contributed by atoms with E-state index in [0.717, 1.165) is 102 Å². The van der Waals surface area contributed by atoms with E-state index in [2.05, 4.69) is 539 Å². The zero-order valence-corrected chi connectivity index (χ0v) is 76.1. The van der Waals surface area contributed by atoms with Crippen LogP contribution in [0.4, 0.5) is 102 Å². The minimum atomic E-state index is 1.07. The quantitative estimate of drug-likeness (QED) is 0.0752. The third-order valence-corrected chi connectivity index (χ3v) is 29.9. The van der Waals surface area contributed by atoms with Gasteiger partial charge >= 0.3 is 0 Å². The number of thiophene rings is 4. The van der Waals surface area contributed by atoms with Crippen LogP contribution in [-0.2, 0) is 0 Å². The normalized spacial score (nSPS) is 11.4. The molecule has 0 amide bonds. The summed E-state index contributed by atoms with van der Waals surface area (Å²) < 4.78 is 10.2. The maximum absolute atomic E-state index is 2.44. The average Bonchev–Trinajstić information content (AvgIpc) is 1.67. The molecule has 134 heavy (non-hydrogen) atoms. The van der Waals surface area contributed by atoms with Crippen LogP contribution in [0.15, 0.2) is 510 Å². The van der Waals surface area contributed by atoms with E-state index in [-0.39, 0.29) is 0 Å². The summed E-state index contributed by atoms with van der Waals surface area (Å²) in [5.74, 6) is 0. The highest BCUT2D eigenvalue weighted by Crippen LogP contribution is 2.51. The second-order valence-corrected chi connectivity index (χ2v) is 37.9. The molecule has 21 aromatic carbocycles. The Balaban J connectivity index is 0.000000151. The van der Waals surface area contributed by atoms with E-state index >= 15 is 0 Å². The van der Waals surface area contributed by atoms with Crippen molar-refractivity contribution >= 4 is 239 Å². The maximum atomic E-state index is 2.44. The largest absolute Gasteiger partial charge is 0.310 e.